The van der Waals surface area contributed by atoms with E-state index in [9.17, 15) is 91.1 Å². The van der Waals surface area contributed by atoms with E-state index in [1.165, 1.54) is 166 Å². The molecule has 2 rings (SSSR count). The summed E-state index contributed by atoms with van der Waals surface area (Å²) in [6.07, 6.45) is 0.307. The summed E-state index contributed by atoms with van der Waals surface area (Å²) in [4.78, 5) is 268. The van der Waals surface area contributed by atoms with E-state index in [1.807, 2.05) is 13.8 Å². The summed E-state index contributed by atoms with van der Waals surface area (Å²) in [6, 6.07) is -10.1. The van der Waals surface area contributed by atoms with E-state index in [2.05, 4.69) is 126 Å². The van der Waals surface area contributed by atoms with Gasteiger partial charge in [0.05, 0.1) is 6.04 Å². The maximum atomic E-state index is 13.6. The highest BCUT2D eigenvalue weighted by Crippen LogP contribution is 2.15. The zero-order valence-corrected chi connectivity index (χ0v) is 71.4. The second-order valence-corrected chi connectivity index (χ2v) is 33.2. The highest BCUT2D eigenvalue weighted by atomic mass is 16.2. The van der Waals surface area contributed by atoms with E-state index < -0.39 is 210 Å². The van der Waals surface area contributed by atoms with E-state index in [-0.39, 0.29) is 49.1 Å². The third-order valence-electron chi connectivity index (χ3n) is 17.7. The zero-order chi connectivity index (χ0) is 90.6. The van der Waals surface area contributed by atoms with Gasteiger partial charge in [-0.05, 0) is 179 Å². The maximum Gasteiger partial charge on any atom is 0.325 e. The van der Waals surface area contributed by atoms with Crippen LogP contribution in [0.2, 0.25) is 0 Å². The van der Waals surface area contributed by atoms with Crippen molar-refractivity contribution in [2.45, 2.75) is 292 Å². The number of nitrogen functional groups attached to an aromatic ring is 2. The molecule has 17 amide bonds. The summed E-state index contributed by atoms with van der Waals surface area (Å²) in [5.74, 6) is -14.1. The molecule has 0 aromatic carbocycles. The number of carbonyl (C=O) groups excluding carboxylic acids is 17. The lowest BCUT2D eigenvalue weighted by Crippen LogP contribution is -2.65. The third-order valence-corrected chi connectivity index (χ3v) is 17.7. The molecule has 0 aliphatic carbocycles. The van der Waals surface area contributed by atoms with Gasteiger partial charge in [0, 0.05) is 31.4 Å². The summed E-state index contributed by atoms with van der Waals surface area (Å²) >= 11 is 0. The van der Waals surface area contributed by atoms with Crippen molar-refractivity contribution in [2.75, 3.05) is 29.9 Å². The van der Waals surface area contributed by atoms with Gasteiger partial charge in [-0.2, -0.15) is 15.0 Å². The average Bonchev–Trinajstić information content (AvgIpc) is 0.841. The SMILES string of the molecule is CC(C)C[C@H](NCc1cc(=O)[nH]c(=O)[nH]1)C(=O)N[C@@H](C)C(=O)NC(C)(C)C(=O)N[C@@H](C)C(=O)NC(C)(C)C(=O)N[C@@H](C)C(=O)NC(C)(C)C(=O)N[C@@H](C)C(=O)NC(C)(C)C(=O)N[C@@H](C)C(=O)NC(C)(C)C(=O)N[C@@H](C)C(=O)NC(C)(C)C(=O)N[C@@H](C)C(=O)NC(C)(C)C(=O)N[C@@H](C)C(=O)NC(C)(C)C(=O)NCCNc1nc(N)nc(N)n1. The van der Waals surface area contributed by atoms with E-state index in [4.69, 9.17) is 11.5 Å². The summed E-state index contributed by atoms with van der Waals surface area (Å²) < 4.78 is 0. The van der Waals surface area contributed by atoms with Gasteiger partial charge in [0.2, 0.25) is 118 Å². The van der Waals surface area contributed by atoms with Crippen LogP contribution in [0.25, 0.3) is 0 Å². The van der Waals surface area contributed by atoms with E-state index in [0.717, 1.165) is 6.07 Å². The maximum absolute atomic E-state index is 13.6. The number of nitrogens with one attached hydrogen (secondary N) is 21. The Balaban J connectivity index is 1.90. The first kappa shape index (κ1) is 101. The Kier molecular flexibility index (Phi) is 35.5. The predicted octanol–water partition coefficient (Wildman–Crippen LogP) is -6.66. The van der Waals surface area contributed by atoms with Gasteiger partial charge in [0.1, 0.15) is 92.6 Å². The van der Waals surface area contributed by atoms with Gasteiger partial charge in [0.25, 0.3) is 5.56 Å². The van der Waals surface area contributed by atoms with Crippen molar-refractivity contribution in [3.8, 4) is 0 Å². The lowest BCUT2D eigenvalue weighted by molar-refractivity contribution is -0.139. The molecule has 0 aliphatic heterocycles. The Hall–Kier alpha value is -12.0. The predicted molar refractivity (Wildman–Crippen MR) is 427 cm³/mol. The molecule has 0 saturated carbocycles. The second kappa shape index (κ2) is 41.0. The van der Waals surface area contributed by atoms with Gasteiger partial charge in [0.15, 0.2) is 0 Å². The molecular weight excluding hydrogens is 1530 g/mol. The number of rotatable bonds is 42. The standard InChI is InChI=1S/C72H122N26O19/c1-32(2)29-42(77-31-41-30-43(99)87-64(117)86-41)52(108)78-33(3)44(100)92-66(13,14)54(110)80-35(5)46(102)94-68(17,18)56(112)82-37(7)48(104)96-70(21,22)58(114)84-39(9)50(106)98-72(25,26)60(116)85-40(10)51(107)97-71(23,24)59(115)83-38(8)49(105)95-69(19,20)57(113)81-36(6)47(103)93-67(15,16)55(111)79-34(4)45(101)91-65(11,12)53(109)75-27-28-76-63-89-61(73)88-62(74)90-63/h30,32-40,42,77H,27-29,31H2,1-26H3,(H,75,109)(H,78,108)(H,79,111)(H,80,110)(H,81,113)(H,82,112)(H,83,115)(H,84,114)(H,85,116)(H,91,101)(H,92,100)(H,93,103)(H,94,102)(H,95,105)(H,96,104)(H,97,107)(H,98,106)(H2,86,87,99,117)(H5,73,74,76,88,89,90)/t33-,34-,35-,36-,37-,38-,39-,40-,42-/m0/s1. The molecule has 0 bridgehead atoms. The average molecular weight is 1660 g/mol. The van der Waals surface area contributed by atoms with E-state index in [0.29, 0.717) is 6.42 Å². The van der Waals surface area contributed by atoms with Gasteiger partial charge in [-0.15, -0.1) is 0 Å². The van der Waals surface area contributed by atoms with Crippen LogP contribution < -0.4 is 124 Å². The molecule has 117 heavy (non-hydrogen) atoms. The normalized spacial score (nSPS) is 14.4. The lowest BCUT2D eigenvalue weighted by atomic mass is 10.0. The van der Waals surface area contributed by atoms with Crippen LogP contribution in [-0.4, -0.2) is 237 Å². The summed E-state index contributed by atoms with van der Waals surface area (Å²) in [5.41, 5.74) is -3.59. The van der Waals surface area contributed by atoms with Crippen LogP contribution in [0.4, 0.5) is 17.8 Å². The smallest absolute Gasteiger partial charge is 0.325 e. The van der Waals surface area contributed by atoms with Crippen LogP contribution in [-0.2, 0) is 88.1 Å². The summed E-state index contributed by atoms with van der Waals surface area (Å²) in [5, 5.41) is 48.3. The Morgan fingerprint density at radius 2 is 0.573 bits per heavy atom. The van der Waals surface area contributed by atoms with Gasteiger partial charge in [-0.1, -0.05) is 13.8 Å². The molecule has 25 N–H and O–H groups in total. The van der Waals surface area contributed by atoms with Crippen molar-refractivity contribution in [3.05, 3.63) is 32.6 Å². The molecule has 2 aromatic rings. The van der Waals surface area contributed by atoms with Gasteiger partial charge in [-0.3, -0.25) is 91.3 Å². The first-order valence-corrected chi connectivity index (χ1v) is 37.6. The van der Waals surface area contributed by atoms with Crippen molar-refractivity contribution in [1.82, 2.24) is 121 Å². The first-order chi connectivity index (χ1) is 53.2. The molecule has 45 heteroatoms. The van der Waals surface area contributed by atoms with Crippen molar-refractivity contribution in [1.29, 1.82) is 0 Å². The number of carbonyl (C=O) groups is 17. The summed E-state index contributed by atoms with van der Waals surface area (Å²) in [6.45, 7) is 35.6. The number of aromatic nitrogens is 5. The minimum absolute atomic E-state index is 0.00248. The number of nitrogens with zero attached hydrogens (tertiary/aromatic N) is 3. The largest absolute Gasteiger partial charge is 0.368 e. The van der Waals surface area contributed by atoms with E-state index in [1.54, 1.807) is 0 Å². The van der Waals surface area contributed by atoms with Gasteiger partial charge in [-0.25, -0.2) is 4.79 Å². The fourth-order valence-electron chi connectivity index (χ4n) is 9.92. The van der Waals surface area contributed by atoms with Crippen LogP contribution in [0.3, 0.4) is 0 Å². The molecule has 0 aliphatic rings. The molecule has 2 aromatic heterocycles. The fraction of sp³-hybridized carbons (Fsp3) is 0.667. The second-order valence-electron chi connectivity index (χ2n) is 33.2. The van der Waals surface area contributed by atoms with Gasteiger partial charge >= 0.3 is 5.69 Å². The molecular formula is C72H122N26O19. The molecule has 45 nitrogen and oxygen atoms in total. The topological polar surface area (TPSA) is 675 Å². The Labute approximate surface area is 678 Å². The number of anilines is 3. The molecule has 2 heterocycles. The first-order valence-electron chi connectivity index (χ1n) is 37.6. The van der Waals surface area contributed by atoms with Crippen molar-refractivity contribution in [3.63, 3.8) is 0 Å². The minimum Gasteiger partial charge on any atom is -0.368 e. The Morgan fingerprint density at radius 1 is 0.333 bits per heavy atom. The van der Waals surface area contributed by atoms with E-state index >= 15 is 0 Å². The quantitative estimate of drug-likeness (QED) is 0.0275. The molecule has 0 saturated heterocycles. The Morgan fingerprint density at radius 3 is 0.812 bits per heavy atom. The lowest BCUT2D eigenvalue weighted by Gasteiger charge is -2.32. The minimum atomic E-state index is -1.77. The van der Waals surface area contributed by atoms with Crippen LogP contribution in [0.1, 0.15) is 192 Å². The number of amides is 17. The van der Waals surface area contributed by atoms with Crippen molar-refractivity contribution in [2.24, 2.45) is 5.92 Å². The van der Waals surface area contributed by atoms with Crippen LogP contribution >= 0.6 is 0 Å². The Bertz CT molecular complexity index is 4140. The van der Waals surface area contributed by atoms with Gasteiger partial charge < -0.3 is 117 Å². The zero-order valence-electron chi connectivity index (χ0n) is 71.4. The monoisotopic (exact) mass is 1650 g/mol. The highest BCUT2D eigenvalue weighted by molar-refractivity contribution is 6.03. The van der Waals surface area contributed by atoms with Crippen LogP contribution in [0, 0.1) is 5.92 Å². The van der Waals surface area contributed by atoms with Crippen LogP contribution in [0.15, 0.2) is 15.7 Å². The molecule has 0 fully saturated rings. The molecule has 0 unspecified atom stereocenters. The highest BCUT2D eigenvalue weighted by Gasteiger charge is 2.43. The molecule has 9 atom stereocenters. The van der Waals surface area contributed by atoms with Crippen molar-refractivity contribution < 1.29 is 81.5 Å². The molecule has 654 valence electrons. The molecule has 0 spiro atoms. The fourth-order valence-corrected chi connectivity index (χ4v) is 9.92. The molecule has 0 radical (unpaired) electrons. The summed E-state index contributed by atoms with van der Waals surface area (Å²) in [7, 11) is 0. The number of nitrogens with two attached hydrogens (primary N) is 2. The van der Waals surface area contributed by atoms with Crippen LogP contribution in [0.5, 0.6) is 0 Å². The number of H-pyrrole nitrogens is 2. The number of hydrogen-bond donors (Lipinski definition) is 23. The number of hydrogen-bond acceptors (Lipinski definition) is 26. The van der Waals surface area contributed by atoms with Crippen molar-refractivity contribution >= 4 is 118 Å². The third kappa shape index (κ3) is 32.0. The number of aromatic amines is 2.